The molecule has 0 aliphatic carbocycles. The van der Waals surface area contributed by atoms with Crippen molar-refractivity contribution >= 4 is 11.3 Å². The molecular formula is C10H14N4S. The Morgan fingerprint density at radius 1 is 1.53 bits per heavy atom. The van der Waals surface area contributed by atoms with Crippen molar-refractivity contribution in [1.29, 1.82) is 0 Å². The van der Waals surface area contributed by atoms with E-state index in [1.54, 1.807) is 11.3 Å². The molecule has 0 bridgehead atoms. The Hall–Kier alpha value is -1.17. The standard InChI is InChI=1S/C10H14N4S/c1-14(2)12-7-8-6-11-13-10(8)9-4-3-5-15-9/h3-6,12H,7H2,1-2H3,(H,11,13). The molecular weight excluding hydrogens is 208 g/mol. The third-order valence-electron chi connectivity index (χ3n) is 2.07. The van der Waals surface area contributed by atoms with Gasteiger partial charge in [0.05, 0.1) is 16.8 Å². The number of H-pyrrole nitrogens is 1. The SMILES string of the molecule is CN(C)NCc1cn[nH]c1-c1cccs1. The Morgan fingerprint density at radius 2 is 2.40 bits per heavy atom. The summed E-state index contributed by atoms with van der Waals surface area (Å²) in [5, 5.41) is 11.1. The van der Waals surface area contributed by atoms with Crippen LogP contribution >= 0.6 is 11.3 Å². The van der Waals surface area contributed by atoms with Crippen LogP contribution in [0.2, 0.25) is 0 Å². The van der Waals surface area contributed by atoms with E-state index in [9.17, 15) is 0 Å². The normalized spacial score (nSPS) is 11.1. The average molecular weight is 222 g/mol. The summed E-state index contributed by atoms with van der Waals surface area (Å²) < 4.78 is 0. The van der Waals surface area contributed by atoms with Crippen LogP contribution in [0, 0.1) is 0 Å². The first-order chi connectivity index (χ1) is 7.27. The second kappa shape index (κ2) is 4.57. The van der Waals surface area contributed by atoms with E-state index in [4.69, 9.17) is 0 Å². The molecule has 0 radical (unpaired) electrons. The smallest absolute Gasteiger partial charge is 0.0795 e. The van der Waals surface area contributed by atoms with Crippen LogP contribution in [0.25, 0.3) is 10.6 Å². The van der Waals surface area contributed by atoms with Gasteiger partial charge in [0.2, 0.25) is 0 Å². The van der Waals surface area contributed by atoms with E-state index < -0.39 is 0 Å². The van der Waals surface area contributed by atoms with E-state index in [1.165, 1.54) is 10.4 Å². The minimum absolute atomic E-state index is 0.788. The molecule has 0 unspecified atom stereocenters. The zero-order valence-corrected chi connectivity index (χ0v) is 9.64. The fourth-order valence-electron chi connectivity index (χ4n) is 1.32. The van der Waals surface area contributed by atoms with E-state index in [1.807, 2.05) is 31.4 Å². The lowest BCUT2D eigenvalue weighted by Gasteiger charge is -2.11. The minimum atomic E-state index is 0.788. The Bertz CT molecular complexity index is 405. The Balaban J connectivity index is 2.16. The molecule has 4 nitrogen and oxygen atoms in total. The van der Waals surface area contributed by atoms with Crippen LogP contribution in [0.15, 0.2) is 23.7 Å². The average Bonchev–Trinajstić information content (AvgIpc) is 2.85. The number of rotatable bonds is 4. The van der Waals surface area contributed by atoms with Gasteiger partial charge in [-0.1, -0.05) is 6.07 Å². The van der Waals surface area contributed by atoms with E-state index in [0.717, 1.165) is 12.2 Å². The van der Waals surface area contributed by atoms with Gasteiger partial charge in [0.1, 0.15) is 0 Å². The van der Waals surface area contributed by atoms with E-state index >= 15 is 0 Å². The number of aromatic nitrogens is 2. The zero-order valence-electron chi connectivity index (χ0n) is 8.82. The number of aromatic amines is 1. The van der Waals surface area contributed by atoms with Gasteiger partial charge in [0.25, 0.3) is 0 Å². The first kappa shape index (κ1) is 10.4. The Morgan fingerprint density at radius 3 is 3.07 bits per heavy atom. The second-order valence-electron chi connectivity index (χ2n) is 3.48. The Kier molecular flexibility index (Phi) is 3.15. The van der Waals surface area contributed by atoms with Crippen molar-refractivity contribution in [2.75, 3.05) is 14.1 Å². The molecule has 5 heteroatoms. The molecule has 0 fully saturated rings. The fourth-order valence-corrected chi connectivity index (χ4v) is 2.08. The molecule has 0 saturated carbocycles. The fraction of sp³-hybridized carbons (Fsp3) is 0.300. The maximum absolute atomic E-state index is 4.08. The van der Waals surface area contributed by atoms with E-state index in [0.29, 0.717) is 0 Å². The topological polar surface area (TPSA) is 44.0 Å². The van der Waals surface area contributed by atoms with Gasteiger partial charge in [-0.15, -0.1) is 11.3 Å². The molecule has 0 aliphatic heterocycles. The third-order valence-corrected chi connectivity index (χ3v) is 2.96. The van der Waals surface area contributed by atoms with Crippen molar-refractivity contribution in [1.82, 2.24) is 20.6 Å². The molecule has 2 heterocycles. The number of thiophene rings is 1. The molecule has 2 aromatic rings. The number of nitrogens with zero attached hydrogens (tertiary/aromatic N) is 2. The predicted octanol–water partition coefficient (Wildman–Crippen LogP) is 1.70. The molecule has 15 heavy (non-hydrogen) atoms. The quantitative estimate of drug-likeness (QED) is 0.774. The largest absolute Gasteiger partial charge is 0.277 e. The summed E-state index contributed by atoms with van der Waals surface area (Å²) in [5.74, 6) is 0. The summed E-state index contributed by atoms with van der Waals surface area (Å²) in [6.45, 7) is 0.788. The number of hydrazine groups is 1. The van der Waals surface area contributed by atoms with Crippen LogP contribution in [0.5, 0.6) is 0 Å². The third kappa shape index (κ3) is 2.44. The lowest BCUT2D eigenvalue weighted by atomic mass is 10.2. The Labute approximate surface area is 92.9 Å². The van der Waals surface area contributed by atoms with E-state index in [2.05, 4.69) is 27.1 Å². The van der Waals surface area contributed by atoms with Gasteiger partial charge in [-0.2, -0.15) is 5.10 Å². The minimum Gasteiger partial charge on any atom is -0.277 e. The van der Waals surface area contributed by atoms with Gasteiger partial charge in [0, 0.05) is 26.2 Å². The highest BCUT2D eigenvalue weighted by Gasteiger charge is 2.07. The van der Waals surface area contributed by atoms with Crippen LogP contribution in [-0.2, 0) is 6.54 Å². The summed E-state index contributed by atoms with van der Waals surface area (Å²) in [6.07, 6.45) is 1.87. The molecule has 0 aromatic carbocycles. The summed E-state index contributed by atoms with van der Waals surface area (Å²) in [4.78, 5) is 1.23. The van der Waals surface area contributed by atoms with Gasteiger partial charge in [-0.3, -0.25) is 15.5 Å². The van der Waals surface area contributed by atoms with Crippen molar-refractivity contribution in [2.24, 2.45) is 0 Å². The van der Waals surface area contributed by atoms with Crippen LogP contribution in [0.4, 0.5) is 0 Å². The predicted molar refractivity (Wildman–Crippen MR) is 62.4 cm³/mol. The molecule has 0 aliphatic rings. The van der Waals surface area contributed by atoms with Crippen molar-refractivity contribution in [3.05, 3.63) is 29.3 Å². The van der Waals surface area contributed by atoms with Crippen molar-refractivity contribution in [2.45, 2.75) is 6.54 Å². The summed E-state index contributed by atoms with van der Waals surface area (Å²) in [5.41, 5.74) is 5.52. The van der Waals surface area contributed by atoms with Crippen molar-refractivity contribution < 1.29 is 0 Å². The molecule has 2 aromatic heterocycles. The first-order valence-corrected chi connectivity index (χ1v) is 5.62. The first-order valence-electron chi connectivity index (χ1n) is 4.74. The second-order valence-corrected chi connectivity index (χ2v) is 4.42. The highest BCUT2D eigenvalue weighted by molar-refractivity contribution is 7.13. The zero-order chi connectivity index (χ0) is 10.7. The lowest BCUT2D eigenvalue weighted by molar-refractivity contribution is 0.286. The summed E-state index contributed by atoms with van der Waals surface area (Å²) in [7, 11) is 3.95. The van der Waals surface area contributed by atoms with Crippen LogP contribution in [0.1, 0.15) is 5.56 Å². The van der Waals surface area contributed by atoms with Gasteiger partial charge in [-0.05, 0) is 11.4 Å². The summed E-state index contributed by atoms with van der Waals surface area (Å²) >= 11 is 1.72. The monoisotopic (exact) mass is 222 g/mol. The van der Waals surface area contributed by atoms with Gasteiger partial charge < -0.3 is 0 Å². The van der Waals surface area contributed by atoms with Gasteiger partial charge in [-0.25, -0.2) is 0 Å². The molecule has 0 amide bonds. The number of hydrogen-bond donors (Lipinski definition) is 2. The van der Waals surface area contributed by atoms with Crippen LogP contribution in [-0.4, -0.2) is 29.3 Å². The van der Waals surface area contributed by atoms with Crippen molar-refractivity contribution in [3.8, 4) is 10.6 Å². The van der Waals surface area contributed by atoms with Crippen LogP contribution in [0.3, 0.4) is 0 Å². The maximum atomic E-state index is 4.08. The van der Waals surface area contributed by atoms with Crippen LogP contribution < -0.4 is 5.43 Å². The van der Waals surface area contributed by atoms with E-state index in [-0.39, 0.29) is 0 Å². The van der Waals surface area contributed by atoms with Crippen molar-refractivity contribution in [3.63, 3.8) is 0 Å². The number of nitrogens with one attached hydrogen (secondary N) is 2. The maximum Gasteiger partial charge on any atom is 0.0795 e. The molecule has 0 atom stereocenters. The summed E-state index contributed by atoms with van der Waals surface area (Å²) in [6, 6.07) is 4.14. The molecule has 0 spiro atoms. The number of hydrogen-bond acceptors (Lipinski definition) is 4. The highest BCUT2D eigenvalue weighted by atomic mass is 32.1. The molecule has 0 saturated heterocycles. The molecule has 2 rings (SSSR count). The highest BCUT2D eigenvalue weighted by Crippen LogP contribution is 2.25. The lowest BCUT2D eigenvalue weighted by Crippen LogP contribution is -2.29. The molecule has 2 N–H and O–H groups in total. The van der Waals surface area contributed by atoms with Gasteiger partial charge >= 0.3 is 0 Å². The molecule has 80 valence electrons. The van der Waals surface area contributed by atoms with Gasteiger partial charge in [0.15, 0.2) is 0 Å².